The molecule has 0 aliphatic rings. The first-order valence-electron chi connectivity index (χ1n) is 5.85. The van der Waals surface area contributed by atoms with E-state index in [1.54, 1.807) is 7.11 Å². The number of aliphatic imine (C=N–C) groups is 1. The smallest absolute Gasteiger partial charge is 0.241 e. The van der Waals surface area contributed by atoms with Gasteiger partial charge in [-0.05, 0) is 12.3 Å². The van der Waals surface area contributed by atoms with E-state index in [0.717, 1.165) is 13.0 Å². The lowest BCUT2D eigenvalue weighted by atomic mass is 10.1. The lowest BCUT2D eigenvalue weighted by Crippen LogP contribution is -2.35. The van der Waals surface area contributed by atoms with Crippen molar-refractivity contribution in [3.05, 3.63) is 0 Å². The minimum absolute atomic E-state index is 0. The lowest BCUT2D eigenvalue weighted by Gasteiger charge is -2.07. The van der Waals surface area contributed by atoms with Crippen molar-refractivity contribution in [1.29, 1.82) is 0 Å². The first-order valence-corrected chi connectivity index (χ1v) is 5.85. The van der Waals surface area contributed by atoms with Gasteiger partial charge in [0, 0.05) is 20.2 Å². The van der Waals surface area contributed by atoms with Crippen molar-refractivity contribution < 1.29 is 9.53 Å². The van der Waals surface area contributed by atoms with Crippen LogP contribution in [0.5, 0.6) is 0 Å². The molecule has 0 aliphatic heterocycles. The molecule has 18 heavy (non-hydrogen) atoms. The monoisotopic (exact) mass is 372 g/mol. The standard InChI is InChI=1S/C11H24N4O2.HI/c1-9(2)4-5-14-11(12)15-8-10(16)13-6-7-17-3;/h9H,4-8H2,1-3H3,(H,13,16)(H3,12,14,15);1H. The Labute approximate surface area is 126 Å². The molecule has 0 aromatic rings. The fourth-order valence-electron chi connectivity index (χ4n) is 1.05. The molecule has 0 heterocycles. The Hall–Kier alpha value is -0.570. The third-order valence-corrected chi connectivity index (χ3v) is 2.05. The number of nitrogens with two attached hydrogens (primary N) is 1. The number of guanidine groups is 1. The van der Waals surface area contributed by atoms with Crippen molar-refractivity contribution in [3.63, 3.8) is 0 Å². The highest BCUT2D eigenvalue weighted by atomic mass is 127. The van der Waals surface area contributed by atoms with E-state index in [1.165, 1.54) is 0 Å². The largest absolute Gasteiger partial charge is 0.383 e. The molecule has 4 N–H and O–H groups in total. The molecule has 7 heteroatoms. The summed E-state index contributed by atoms with van der Waals surface area (Å²) in [6, 6.07) is 0. The number of carbonyl (C=O) groups excluding carboxylic acids is 1. The summed E-state index contributed by atoms with van der Waals surface area (Å²) >= 11 is 0. The minimum Gasteiger partial charge on any atom is -0.383 e. The van der Waals surface area contributed by atoms with Crippen LogP contribution in [0.15, 0.2) is 4.99 Å². The van der Waals surface area contributed by atoms with Crippen molar-refractivity contribution in [2.45, 2.75) is 20.3 Å². The van der Waals surface area contributed by atoms with Gasteiger partial charge in [-0.15, -0.1) is 24.0 Å². The number of hydrogen-bond acceptors (Lipinski definition) is 3. The Morgan fingerprint density at radius 2 is 2.00 bits per heavy atom. The Morgan fingerprint density at radius 3 is 2.56 bits per heavy atom. The number of nitrogens with zero attached hydrogens (tertiary/aromatic N) is 1. The molecule has 0 aromatic heterocycles. The van der Waals surface area contributed by atoms with Crippen molar-refractivity contribution in [3.8, 4) is 0 Å². The summed E-state index contributed by atoms with van der Waals surface area (Å²) in [7, 11) is 1.58. The van der Waals surface area contributed by atoms with E-state index in [-0.39, 0.29) is 36.4 Å². The van der Waals surface area contributed by atoms with Gasteiger partial charge in [0.2, 0.25) is 5.91 Å². The van der Waals surface area contributed by atoms with Gasteiger partial charge in [0.25, 0.3) is 0 Å². The summed E-state index contributed by atoms with van der Waals surface area (Å²) in [5.41, 5.74) is 5.60. The van der Waals surface area contributed by atoms with E-state index < -0.39 is 0 Å². The minimum atomic E-state index is -0.157. The SMILES string of the molecule is COCCNC(=O)CN=C(N)NCCC(C)C.I. The van der Waals surface area contributed by atoms with E-state index >= 15 is 0 Å². The Bertz CT molecular complexity index is 247. The summed E-state index contributed by atoms with van der Waals surface area (Å²) in [6.45, 7) is 6.09. The molecular weight excluding hydrogens is 347 g/mol. The zero-order chi connectivity index (χ0) is 13.1. The number of halogens is 1. The van der Waals surface area contributed by atoms with Crippen LogP contribution in [-0.2, 0) is 9.53 Å². The van der Waals surface area contributed by atoms with E-state index in [2.05, 4.69) is 29.5 Å². The first-order chi connectivity index (χ1) is 8.06. The predicted molar refractivity (Wildman–Crippen MR) is 84.2 cm³/mol. The maximum absolute atomic E-state index is 11.2. The molecule has 0 bridgehead atoms. The summed E-state index contributed by atoms with van der Waals surface area (Å²) < 4.78 is 4.81. The van der Waals surface area contributed by atoms with Gasteiger partial charge >= 0.3 is 0 Å². The summed E-state index contributed by atoms with van der Waals surface area (Å²) in [4.78, 5) is 15.2. The van der Waals surface area contributed by atoms with E-state index in [1.807, 2.05) is 0 Å². The van der Waals surface area contributed by atoms with Crippen molar-refractivity contribution in [2.75, 3.05) is 33.4 Å². The quantitative estimate of drug-likeness (QED) is 0.248. The number of rotatable bonds is 8. The summed E-state index contributed by atoms with van der Waals surface area (Å²) in [5, 5.41) is 5.62. The van der Waals surface area contributed by atoms with Gasteiger partial charge in [-0.2, -0.15) is 0 Å². The third-order valence-electron chi connectivity index (χ3n) is 2.05. The number of carbonyl (C=O) groups is 1. The number of ether oxygens (including phenoxy) is 1. The molecule has 0 atom stereocenters. The molecule has 0 spiro atoms. The fourth-order valence-corrected chi connectivity index (χ4v) is 1.05. The Balaban J connectivity index is 0. The van der Waals surface area contributed by atoms with Crippen LogP contribution in [0.4, 0.5) is 0 Å². The van der Waals surface area contributed by atoms with Crippen LogP contribution >= 0.6 is 24.0 Å². The van der Waals surface area contributed by atoms with Crippen LogP contribution in [0.3, 0.4) is 0 Å². The first kappa shape index (κ1) is 19.8. The second-order valence-corrected chi connectivity index (χ2v) is 4.15. The van der Waals surface area contributed by atoms with E-state index in [0.29, 0.717) is 25.0 Å². The Morgan fingerprint density at radius 1 is 1.33 bits per heavy atom. The normalized spacial score (nSPS) is 11.0. The van der Waals surface area contributed by atoms with Crippen LogP contribution in [-0.4, -0.2) is 45.2 Å². The number of methoxy groups -OCH3 is 1. The molecule has 0 aliphatic carbocycles. The van der Waals surface area contributed by atoms with Gasteiger partial charge < -0.3 is 21.1 Å². The fraction of sp³-hybridized carbons (Fsp3) is 0.818. The lowest BCUT2D eigenvalue weighted by molar-refractivity contribution is -0.119. The van der Waals surface area contributed by atoms with E-state index in [4.69, 9.17) is 10.5 Å². The van der Waals surface area contributed by atoms with Crippen LogP contribution in [0.1, 0.15) is 20.3 Å². The average Bonchev–Trinajstić information content (AvgIpc) is 2.26. The zero-order valence-electron chi connectivity index (χ0n) is 11.4. The highest BCUT2D eigenvalue weighted by Gasteiger charge is 1.99. The van der Waals surface area contributed by atoms with Gasteiger partial charge in [0.15, 0.2) is 5.96 Å². The van der Waals surface area contributed by atoms with Crippen LogP contribution in [0.2, 0.25) is 0 Å². The summed E-state index contributed by atoms with van der Waals surface area (Å²) in [5.74, 6) is 0.774. The van der Waals surface area contributed by atoms with Crippen LogP contribution in [0.25, 0.3) is 0 Å². The van der Waals surface area contributed by atoms with Gasteiger partial charge in [-0.25, -0.2) is 4.99 Å². The topological polar surface area (TPSA) is 88.7 Å². The number of hydrogen-bond donors (Lipinski definition) is 3. The third kappa shape index (κ3) is 13.5. The van der Waals surface area contributed by atoms with Crippen LogP contribution in [0, 0.1) is 5.92 Å². The second kappa shape index (κ2) is 12.9. The molecular formula is C11H25IN4O2. The molecule has 0 unspecified atom stereocenters. The molecule has 6 nitrogen and oxygen atoms in total. The summed E-state index contributed by atoms with van der Waals surface area (Å²) in [6.07, 6.45) is 1.02. The number of nitrogens with one attached hydrogen (secondary N) is 2. The van der Waals surface area contributed by atoms with Crippen molar-refractivity contribution in [1.82, 2.24) is 10.6 Å². The molecule has 108 valence electrons. The number of amides is 1. The predicted octanol–water partition coefficient (Wildman–Crippen LogP) is 0.317. The van der Waals surface area contributed by atoms with Crippen LogP contribution < -0.4 is 16.4 Å². The second-order valence-electron chi connectivity index (χ2n) is 4.15. The van der Waals surface area contributed by atoms with Gasteiger partial charge in [-0.3, -0.25) is 4.79 Å². The zero-order valence-corrected chi connectivity index (χ0v) is 13.7. The van der Waals surface area contributed by atoms with Gasteiger partial charge in [0.1, 0.15) is 6.54 Å². The van der Waals surface area contributed by atoms with Crippen molar-refractivity contribution >= 4 is 35.8 Å². The highest BCUT2D eigenvalue weighted by molar-refractivity contribution is 14.0. The van der Waals surface area contributed by atoms with Gasteiger partial charge in [0.05, 0.1) is 6.61 Å². The molecule has 1 amide bonds. The molecule has 0 radical (unpaired) electrons. The Kier molecular flexibility index (Phi) is 14.1. The molecule has 0 rings (SSSR count). The van der Waals surface area contributed by atoms with Crippen molar-refractivity contribution in [2.24, 2.45) is 16.6 Å². The van der Waals surface area contributed by atoms with E-state index in [9.17, 15) is 4.79 Å². The highest BCUT2D eigenvalue weighted by Crippen LogP contribution is 1.95. The maximum Gasteiger partial charge on any atom is 0.241 e. The molecule has 0 fully saturated rings. The maximum atomic E-state index is 11.2. The molecule has 0 aromatic carbocycles. The average molecular weight is 372 g/mol. The molecule has 0 saturated carbocycles. The molecule has 0 saturated heterocycles. The van der Waals surface area contributed by atoms with Gasteiger partial charge in [-0.1, -0.05) is 13.8 Å².